The molecule has 0 aromatic heterocycles. The molecule has 0 bridgehead atoms. The third-order valence-corrected chi connectivity index (χ3v) is 0.830. The van der Waals surface area contributed by atoms with Crippen molar-refractivity contribution in [1.82, 2.24) is 10.3 Å². The maximum Gasteiger partial charge on any atom is 0.216 e. The van der Waals surface area contributed by atoms with Crippen LogP contribution in [0.4, 0.5) is 0 Å². The maximum absolute atomic E-state index is 7.04. The van der Waals surface area contributed by atoms with Gasteiger partial charge in [-0.15, -0.1) is 5.10 Å². The zero-order valence-electron chi connectivity index (χ0n) is 4.47. The summed E-state index contributed by atoms with van der Waals surface area (Å²) in [5.74, 6) is 2.81. The van der Waals surface area contributed by atoms with Crippen molar-refractivity contribution in [3.8, 4) is 0 Å². The molecule has 8 heavy (non-hydrogen) atoms. The van der Waals surface area contributed by atoms with Crippen molar-refractivity contribution < 1.29 is 0 Å². The van der Waals surface area contributed by atoms with Crippen LogP contribution >= 0.6 is 0 Å². The van der Waals surface area contributed by atoms with Gasteiger partial charge >= 0.3 is 0 Å². The first-order chi connectivity index (χ1) is 3.80. The summed E-state index contributed by atoms with van der Waals surface area (Å²) in [4.78, 5) is 1.58. The van der Waals surface area contributed by atoms with Gasteiger partial charge in [0.15, 0.2) is 0 Å². The van der Waals surface area contributed by atoms with Crippen molar-refractivity contribution in [2.45, 2.75) is 0 Å². The smallest absolute Gasteiger partial charge is 0.216 e. The van der Waals surface area contributed by atoms with Gasteiger partial charge in [0.25, 0.3) is 0 Å². The Morgan fingerprint density at radius 1 is 2.00 bits per heavy atom. The molecule has 0 aromatic rings. The van der Waals surface area contributed by atoms with Gasteiger partial charge in [-0.05, 0) is 0 Å². The molecule has 1 aliphatic rings. The Balaban J connectivity index is 2.76. The normalized spacial score (nSPS) is 16.6. The summed E-state index contributed by atoms with van der Waals surface area (Å²) >= 11 is 0. The van der Waals surface area contributed by atoms with Crippen LogP contribution in [0, 0.1) is 5.41 Å². The quantitative estimate of drug-likeness (QED) is 0.444. The van der Waals surface area contributed by atoms with E-state index in [2.05, 4.69) is 16.4 Å². The lowest BCUT2D eigenvalue weighted by Crippen LogP contribution is -2.33. The highest BCUT2D eigenvalue weighted by Crippen LogP contribution is 1.82. The zero-order valence-corrected chi connectivity index (χ0v) is 4.47. The second-order valence-corrected chi connectivity index (χ2v) is 1.44. The molecule has 0 aliphatic carbocycles. The molecular formula is C4H6N4. The van der Waals surface area contributed by atoms with E-state index in [1.54, 1.807) is 18.1 Å². The number of hydrogen-bond donors (Lipinski definition) is 2. The summed E-state index contributed by atoms with van der Waals surface area (Å²) in [6, 6.07) is 0. The molecule has 0 spiro atoms. The third-order valence-electron chi connectivity index (χ3n) is 0.830. The van der Waals surface area contributed by atoms with Gasteiger partial charge in [-0.2, -0.15) is 0 Å². The van der Waals surface area contributed by atoms with Gasteiger partial charge in [-0.25, -0.2) is 5.43 Å². The highest BCUT2D eigenvalue weighted by Gasteiger charge is 1.99. The molecule has 0 radical (unpaired) electrons. The summed E-state index contributed by atoms with van der Waals surface area (Å²) in [6.45, 7) is 0. The second-order valence-electron chi connectivity index (χ2n) is 1.44. The van der Waals surface area contributed by atoms with Crippen molar-refractivity contribution in [1.29, 1.82) is 5.41 Å². The molecule has 0 saturated carbocycles. The summed E-state index contributed by atoms with van der Waals surface area (Å²) < 4.78 is 0. The molecule has 1 rings (SSSR count). The van der Waals surface area contributed by atoms with Crippen molar-refractivity contribution in [2.24, 2.45) is 5.10 Å². The predicted octanol–water partition coefficient (Wildman–Crippen LogP) is -0.445. The van der Waals surface area contributed by atoms with Crippen LogP contribution in [-0.4, -0.2) is 23.8 Å². The van der Waals surface area contributed by atoms with Crippen molar-refractivity contribution in [3.63, 3.8) is 0 Å². The fraction of sp³-hybridized carbons (Fsp3) is 0.250. The molecule has 4 nitrogen and oxygen atoms in total. The lowest BCUT2D eigenvalue weighted by molar-refractivity contribution is 0.636. The van der Waals surface area contributed by atoms with E-state index in [9.17, 15) is 0 Å². The van der Waals surface area contributed by atoms with Gasteiger partial charge in [0.1, 0.15) is 0 Å². The SMILES string of the molecule is CN1C=C=NNC1=N. The van der Waals surface area contributed by atoms with Crippen molar-refractivity contribution in [3.05, 3.63) is 6.20 Å². The second kappa shape index (κ2) is 1.68. The molecule has 1 heterocycles. The minimum Gasteiger partial charge on any atom is -0.312 e. The van der Waals surface area contributed by atoms with Crippen molar-refractivity contribution in [2.75, 3.05) is 7.05 Å². The first-order valence-electron chi connectivity index (χ1n) is 2.16. The molecule has 0 unspecified atom stereocenters. The molecule has 0 aromatic carbocycles. The fourth-order valence-electron chi connectivity index (χ4n) is 0.344. The Hall–Kier alpha value is -1.28. The molecular weight excluding hydrogens is 104 g/mol. The Morgan fingerprint density at radius 3 is 3.12 bits per heavy atom. The Morgan fingerprint density at radius 2 is 2.75 bits per heavy atom. The largest absolute Gasteiger partial charge is 0.312 e. The van der Waals surface area contributed by atoms with Crippen molar-refractivity contribution >= 4 is 11.8 Å². The average Bonchev–Trinajstić information content (AvgIpc) is 1.77. The molecule has 1 aliphatic heterocycles. The summed E-state index contributed by atoms with van der Waals surface area (Å²) in [5.41, 5.74) is 2.42. The number of nitrogens with one attached hydrogen (secondary N) is 2. The van der Waals surface area contributed by atoms with E-state index >= 15 is 0 Å². The molecule has 0 fully saturated rings. The predicted molar refractivity (Wildman–Crippen MR) is 30.6 cm³/mol. The van der Waals surface area contributed by atoms with Crippen LogP contribution in [0.2, 0.25) is 0 Å². The lowest BCUT2D eigenvalue weighted by atomic mass is 10.7. The van der Waals surface area contributed by atoms with Crippen LogP contribution in [0.25, 0.3) is 0 Å². The average molecular weight is 110 g/mol. The molecule has 0 amide bonds. The highest BCUT2D eigenvalue weighted by atomic mass is 15.4. The molecule has 0 saturated heterocycles. The van der Waals surface area contributed by atoms with Gasteiger partial charge < -0.3 is 4.90 Å². The number of nitrogens with zero attached hydrogens (tertiary/aromatic N) is 2. The third kappa shape index (κ3) is 0.691. The zero-order chi connectivity index (χ0) is 5.98. The summed E-state index contributed by atoms with van der Waals surface area (Å²) in [5, 5.41) is 10.5. The molecule has 2 N–H and O–H groups in total. The van der Waals surface area contributed by atoms with E-state index in [1.807, 2.05) is 0 Å². The van der Waals surface area contributed by atoms with Gasteiger partial charge in [0.05, 0.1) is 6.20 Å². The van der Waals surface area contributed by atoms with E-state index in [-0.39, 0.29) is 5.96 Å². The number of guanidine groups is 1. The first kappa shape index (κ1) is 4.87. The van der Waals surface area contributed by atoms with E-state index in [1.165, 1.54) is 0 Å². The lowest BCUT2D eigenvalue weighted by Gasteiger charge is -2.13. The Labute approximate surface area is 47.0 Å². The van der Waals surface area contributed by atoms with Gasteiger partial charge in [-0.3, -0.25) is 5.41 Å². The van der Waals surface area contributed by atoms with Crippen LogP contribution in [0.3, 0.4) is 0 Å². The summed E-state index contributed by atoms with van der Waals surface area (Å²) in [6.07, 6.45) is 1.58. The number of hydrogen-bond acceptors (Lipinski definition) is 2. The Kier molecular flexibility index (Phi) is 1.02. The summed E-state index contributed by atoms with van der Waals surface area (Å²) in [7, 11) is 1.75. The number of rotatable bonds is 0. The van der Waals surface area contributed by atoms with Crippen LogP contribution in [0.15, 0.2) is 11.3 Å². The highest BCUT2D eigenvalue weighted by molar-refractivity contribution is 5.81. The van der Waals surface area contributed by atoms with E-state index < -0.39 is 0 Å². The van der Waals surface area contributed by atoms with Gasteiger partial charge in [0, 0.05) is 12.9 Å². The van der Waals surface area contributed by atoms with Crippen LogP contribution in [-0.2, 0) is 0 Å². The van der Waals surface area contributed by atoms with E-state index in [0.717, 1.165) is 0 Å². The standard InChI is InChI=1S/C4H6N4/c1-8-3-2-6-7-4(8)5/h3H,1H3,(H2,5,7). The van der Waals surface area contributed by atoms with Crippen LogP contribution in [0.1, 0.15) is 0 Å². The minimum atomic E-state index is 0.267. The Bertz CT molecular complexity index is 163. The molecule has 42 valence electrons. The minimum absolute atomic E-state index is 0.267. The molecule has 0 atom stereocenters. The molecule has 4 heteroatoms. The number of hydrazone groups is 1. The topological polar surface area (TPSA) is 51.5 Å². The first-order valence-corrected chi connectivity index (χ1v) is 2.16. The maximum atomic E-state index is 7.04. The monoisotopic (exact) mass is 110 g/mol. The van der Waals surface area contributed by atoms with E-state index in [4.69, 9.17) is 5.41 Å². The van der Waals surface area contributed by atoms with Crippen LogP contribution < -0.4 is 5.43 Å². The van der Waals surface area contributed by atoms with Crippen LogP contribution in [0.5, 0.6) is 0 Å². The fourth-order valence-corrected chi connectivity index (χ4v) is 0.344. The van der Waals surface area contributed by atoms with Gasteiger partial charge in [-0.1, -0.05) is 0 Å². The van der Waals surface area contributed by atoms with E-state index in [0.29, 0.717) is 0 Å². The van der Waals surface area contributed by atoms with Gasteiger partial charge in [0.2, 0.25) is 5.96 Å².